The number of nitrogens with zero attached hydrogens (tertiary/aromatic N) is 2. The first-order valence-corrected chi connectivity index (χ1v) is 10.3. The second-order valence-corrected chi connectivity index (χ2v) is 7.92. The number of rotatable bonds is 8. The monoisotopic (exact) mass is 391 g/mol. The minimum atomic E-state index is -3.68. The van der Waals surface area contributed by atoms with Gasteiger partial charge in [-0.25, -0.2) is 13.1 Å². The molecule has 0 aromatic heterocycles. The van der Waals surface area contributed by atoms with Crippen molar-refractivity contribution in [3.05, 3.63) is 64.7 Å². The van der Waals surface area contributed by atoms with Crippen LogP contribution in [0.25, 0.3) is 0 Å². The molecule has 0 aliphatic rings. The maximum absolute atomic E-state index is 12.6. The smallest absolute Gasteiger partial charge is 0.240 e. The Bertz CT molecular complexity index is 872. The van der Waals surface area contributed by atoms with E-state index in [2.05, 4.69) is 9.62 Å². The largest absolute Gasteiger partial charge is 0.296 e. The Morgan fingerprint density at radius 2 is 1.73 bits per heavy atom. The van der Waals surface area contributed by atoms with E-state index in [1.54, 1.807) is 0 Å². The quantitative estimate of drug-likeness (QED) is 0.746. The van der Waals surface area contributed by atoms with Gasteiger partial charge in [-0.05, 0) is 49.0 Å². The van der Waals surface area contributed by atoms with Crippen molar-refractivity contribution in [3.8, 4) is 6.07 Å². The van der Waals surface area contributed by atoms with Crippen LogP contribution in [0.3, 0.4) is 0 Å². The highest BCUT2D eigenvalue weighted by Gasteiger charge is 2.23. The van der Waals surface area contributed by atoms with Gasteiger partial charge in [0, 0.05) is 17.6 Å². The molecule has 26 heavy (non-hydrogen) atoms. The molecule has 0 heterocycles. The Kier molecular flexibility index (Phi) is 7.18. The Balaban J connectivity index is 2.25. The molecule has 5 nitrogen and oxygen atoms in total. The van der Waals surface area contributed by atoms with E-state index in [1.807, 2.05) is 44.2 Å². The van der Waals surface area contributed by atoms with Crippen LogP contribution in [-0.2, 0) is 10.0 Å². The van der Waals surface area contributed by atoms with Crippen molar-refractivity contribution in [2.45, 2.75) is 24.8 Å². The molecular weight excluding hydrogens is 370 g/mol. The summed E-state index contributed by atoms with van der Waals surface area (Å²) in [6, 6.07) is 15.1. The molecule has 0 aliphatic carbocycles. The average molecular weight is 392 g/mol. The number of nitrogens with one attached hydrogen (secondary N) is 1. The Labute approximate surface area is 160 Å². The SMILES string of the molecule is CCN(CC)[C@H](CNS(=O)(=O)c1ccc(C#N)cc1)c1ccccc1Cl. The molecule has 0 radical (unpaired) electrons. The number of sulfonamides is 1. The molecular formula is C19H22ClN3O2S. The fraction of sp³-hybridized carbons (Fsp3) is 0.316. The van der Waals surface area contributed by atoms with Crippen LogP contribution in [0.4, 0.5) is 0 Å². The van der Waals surface area contributed by atoms with Crippen LogP contribution in [0.2, 0.25) is 5.02 Å². The van der Waals surface area contributed by atoms with E-state index >= 15 is 0 Å². The normalized spacial score (nSPS) is 12.7. The third-order valence-electron chi connectivity index (χ3n) is 4.28. The summed E-state index contributed by atoms with van der Waals surface area (Å²) in [6.45, 7) is 5.80. The van der Waals surface area contributed by atoms with Gasteiger partial charge in [0.2, 0.25) is 10.0 Å². The first-order chi connectivity index (χ1) is 12.4. The number of halogens is 1. The lowest BCUT2D eigenvalue weighted by Crippen LogP contribution is -2.38. The molecule has 0 bridgehead atoms. The molecule has 0 amide bonds. The van der Waals surface area contributed by atoms with Gasteiger partial charge in [0.1, 0.15) is 0 Å². The van der Waals surface area contributed by atoms with Crippen molar-refractivity contribution in [2.75, 3.05) is 19.6 Å². The molecule has 1 N–H and O–H groups in total. The first kappa shape index (κ1) is 20.4. The standard InChI is InChI=1S/C19H22ClN3O2S/c1-3-23(4-2)19(17-7-5-6-8-18(17)20)14-22-26(24,25)16-11-9-15(13-21)10-12-16/h5-12,19,22H,3-4,14H2,1-2H3/t19-/m1/s1. The van der Waals surface area contributed by atoms with E-state index in [0.717, 1.165) is 18.7 Å². The van der Waals surface area contributed by atoms with Crippen molar-refractivity contribution in [2.24, 2.45) is 0 Å². The van der Waals surface area contributed by atoms with E-state index in [0.29, 0.717) is 10.6 Å². The second kappa shape index (κ2) is 9.15. The van der Waals surface area contributed by atoms with Gasteiger partial charge in [-0.2, -0.15) is 5.26 Å². The fourth-order valence-electron chi connectivity index (χ4n) is 2.83. The van der Waals surface area contributed by atoms with Crippen LogP contribution in [0.1, 0.15) is 31.0 Å². The summed E-state index contributed by atoms with van der Waals surface area (Å²) in [7, 11) is -3.68. The fourth-order valence-corrected chi connectivity index (χ4v) is 4.13. The molecule has 7 heteroatoms. The van der Waals surface area contributed by atoms with Crippen LogP contribution >= 0.6 is 11.6 Å². The van der Waals surface area contributed by atoms with Crippen LogP contribution in [0.5, 0.6) is 0 Å². The maximum atomic E-state index is 12.6. The number of hydrogen-bond acceptors (Lipinski definition) is 4. The molecule has 2 rings (SSSR count). The van der Waals surface area contributed by atoms with Crippen LogP contribution in [-0.4, -0.2) is 33.0 Å². The number of nitriles is 1. The molecule has 0 fully saturated rings. The van der Waals surface area contributed by atoms with Gasteiger partial charge in [-0.3, -0.25) is 4.90 Å². The van der Waals surface area contributed by atoms with Crippen molar-refractivity contribution in [1.29, 1.82) is 5.26 Å². The first-order valence-electron chi connectivity index (χ1n) is 8.41. The Morgan fingerprint density at radius 1 is 1.12 bits per heavy atom. The lowest BCUT2D eigenvalue weighted by molar-refractivity contribution is 0.220. The van der Waals surface area contributed by atoms with Crippen molar-refractivity contribution in [3.63, 3.8) is 0 Å². The zero-order chi connectivity index (χ0) is 19.2. The molecule has 0 saturated carbocycles. The summed E-state index contributed by atoms with van der Waals surface area (Å²) in [6.07, 6.45) is 0. The van der Waals surface area contributed by atoms with E-state index in [4.69, 9.17) is 16.9 Å². The molecule has 0 spiro atoms. The lowest BCUT2D eigenvalue weighted by atomic mass is 10.1. The Hall–Kier alpha value is -1.91. The van der Waals surface area contributed by atoms with Gasteiger partial charge < -0.3 is 0 Å². The van der Waals surface area contributed by atoms with Crippen LogP contribution < -0.4 is 4.72 Å². The minimum Gasteiger partial charge on any atom is -0.296 e. The zero-order valence-corrected chi connectivity index (χ0v) is 16.4. The summed E-state index contributed by atoms with van der Waals surface area (Å²) >= 11 is 6.34. The van der Waals surface area contributed by atoms with Gasteiger partial charge in [-0.15, -0.1) is 0 Å². The van der Waals surface area contributed by atoms with Gasteiger partial charge in [-0.1, -0.05) is 43.6 Å². The summed E-state index contributed by atoms with van der Waals surface area (Å²) in [5, 5.41) is 9.45. The van der Waals surface area contributed by atoms with E-state index in [9.17, 15) is 8.42 Å². The van der Waals surface area contributed by atoms with Crippen molar-refractivity contribution >= 4 is 21.6 Å². The number of hydrogen-bond donors (Lipinski definition) is 1. The van der Waals surface area contributed by atoms with Gasteiger partial charge >= 0.3 is 0 Å². The van der Waals surface area contributed by atoms with Crippen molar-refractivity contribution < 1.29 is 8.42 Å². The summed E-state index contributed by atoms with van der Waals surface area (Å²) < 4.78 is 27.9. The third kappa shape index (κ3) is 4.83. The summed E-state index contributed by atoms with van der Waals surface area (Å²) in [5.41, 5.74) is 1.31. The topological polar surface area (TPSA) is 73.2 Å². The highest BCUT2D eigenvalue weighted by atomic mass is 35.5. The predicted molar refractivity (Wildman–Crippen MR) is 103 cm³/mol. The minimum absolute atomic E-state index is 0.133. The molecule has 1 atom stereocenters. The molecule has 2 aromatic rings. The number of likely N-dealkylation sites (N-methyl/N-ethyl adjacent to an activating group) is 1. The highest BCUT2D eigenvalue weighted by molar-refractivity contribution is 7.89. The lowest BCUT2D eigenvalue weighted by Gasteiger charge is -2.30. The molecule has 2 aromatic carbocycles. The molecule has 0 aliphatic heterocycles. The Morgan fingerprint density at radius 3 is 2.27 bits per heavy atom. The highest BCUT2D eigenvalue weighted by Crippen LogP contribution is 2.27. The molecule has 0 saturated heterocycles. The van der Waals surface area contributed by atoms with E-state index in [1.165, 1.54) is 24.3 Å². The van der Waals surface area contributed by atoms with Crippen molar-refractivity contribution in [1.82, 2.24) is 9.62 Å². The van der Waals surface area contributed by atoms with Gasteiger partial charge in [0.25, 0.3) is 0 Å². The summed E-state index contributed by atoms with van der Waals surface area (Å²) in [4.78, 5) is 2.29. The van der Waals surface area contributed by atoms with Crippen LogP contribution in [0.15, 0.2) is 53.4 Å². The summed E-state index contributed by atoms with van der Waals surface area (Å²) in [5.74, 6) is 0. The van der Waals surface area contributed by atoms with Gasteiger partial charge in [0.05, 0.1) is 16.5 Å². The molecule has 138 valence electrons. The van der Waals surface area contributed by atoms with E-state index < -0.39 is 10.0 Å². The average Bonchev–Trinajstić information content (AvgIpc) is 2.66. The second-order valence-electron chi connectivity index (χ2n) is 5.75. The molecule has 0 unspecified atom stereocenters. The van der Waals surface area contributed by atoms with Crippen LogP contribution in [0, 0.1) is 11.3 Å². The maximum Gasteiger partial charge on any atom is 0.240 e. The van der Waals surface area contributed by atoms with E-state index in [-0.39, 0.29) is 17.5 Å². The van der Waals surface area contributed by atoms with Gasteiger partial charge in [0.15, 0.2) is 0 Å². The third-order valence-corrected chi connectivity index (χ3v) is 6.06. The zero-order valence-electron chi connectivity index (χ0n) is 14.8. The predicted octanol–water partition coefficient (Wildman–Crippen LogP) is 3.57. The number of benzene rings is 2.